The first-order valence-corrected chi connectivity index (χ1v) is 8.68. The Morgan fingerprint density at radius 1 is 1.43 bits per heavy atom. The number of nitrogens with two attached hydrogens (primary N) is 1. The van der Waals surface area contributed by atoms with Crippen molar-refractivity contribution >= 4 is 65.7 Å². The van der Waals surface area contributed by atoms with Gasteiger partial charge in [0.2, 0.25) is 0 Å². The van der Waals surface area contributed by atoms with Crippen LogP contribution in [0.2, 0.25) is 0 Å². The molecule has 0 saturated carbocycles. The number of aromatic nitrogens is 1. The largest absolute Gasteiger partial charge is 0.382 e. The van der Waals surface area contributed by atoms with E-state index in [2.05, 4.69) is 54.4 Å². The molecule has 0 aliphatic rings. The first-order chi connectivity index (χ1) is 10.0. The fourth-order valence-electron chi connectivity index (χ4n) is 1.57. The molecule has 0 spiro atoms. The van der Waals surface area contributed by atoms with Gasteiger partial charge in [0, 0.05) is 15.5 Å². The van der Waals surface area contributed by atoms with E-state index in [0.29, 0.717) is 15.7 Å². The maximum Gasteiger partial charge on any atom is 0.269 e. The molecule has 0 atom stereocenters. The van der Waals surface area contributed by atoms with Gasteiger partial charge in [0.05, 0.1) is 5.69 Å². The molecule has 21 heavy (non-hydrogen) atoms. The van der Waals surface area contributed by atoms with Crippen molar-refractivity contribution < 1.29 is 4.79 Å². The third-order valence-electron chi connectivity index (χ3n) is 2.57. The molecule has 8 heteroatoms. The zero-order valence-electron chi connectivity index (χ0n) is 11.2. The standard InChI is InChI=1S/C13H14Br2N4OS/c1-2-5-17-13-19-11(16)10(21-13)12(20)18-9-4-3-7(14)6-8(9)15/h3-4,6H,2,5,16H2,1H3,(H,17,19)(H,18,20). The second-order valence-corrected chi connectivity index (χ2v) is 7.01. The molecule has 0 aliphatic heterocycles. The van der Waals surface area contributed by atoms with Crippen LogP contribution in [0.1, 0.15) is 23.0 Å². The van der Waals surface area contributed by atoms with E-state index >= 15 is 0 Å². The predicted molar refractivity (Wildman–Crippen MR) is 95.1 cm³/mol. The molecule has 0 saturated heterocycles. The number of nitrogen functional groups attached to an aromatic ring is 1. The third-order valence-corrected chi connectivity index (χ3v) is 4.74. The van der Waals surface area contributed by atoms with Gasteiger partial charge in [-0.1, -0.05) is 34.2 Å². The Labute approximate surface area is 143 Å². The fourth-order valence-corrected chi connectivity index (χ4v) is 3.52. The summed E-state index contributed by atoms with van der Waals surface area (Å²) >= 11 is 8.03. The summed E-state index contributed by atoms with van der Waals surface area (Å²) < 4.78 is 1.72. The van der Waals surface area contributed by atoms with Crippen molar-refractivity contribution in [3.05, 3.63) is 32.0 Å². The van der Waals surface area contributed by atoms with Gasteiger partial charge in [-0.05, 0) is 40.5 Å². The van der Waals surface area contributed by atoms with E-state index < -0.39 is 0 Å². The minimum Gasteiger partial charge on any atom is -0.382 e. The molecule has 0 fully saturated rings. The molecule has 5 nitrogen and oxygen atoms in total. The lowest BCUT2D eigenvalue weighted by Crippen LogP contribution is -2.12. The summed E-state index contributed by atoms with van der Waals surface area (Å²) in [5, 5.41) is 6.61. The summed E-state index contributed by atoms with van der Waals surface area (Å²) in [4.78, 5) is 16.8. The van der Waals surface area contributed by atoms with E-state index in [4.69, 9.17) is 5.73 Å². The first kappa shape index (κ1) is 16.3. The second-order valence-electron chi connectivity index (χ2n) is 4.24. The zero-order valence-corrected chi connectivity index (χ0v) is 15.2. The minimum atomic E-state index is -0.266. The van der Waals surface area contributed by atoms with Crippen LogP contribution < -0.4 is 16.4 Å². The van der Waals surface area contributed by atoms with Crippen molar-refractivity contribution in [3.8, 4) is 0 Å². The van der Waals surface area contributed by atoms with Gasteiger partial charge < -0.3 is 16.4 Å². The number of benzene rings is 1. The highest BCUT2D eigenvalue weighted by Crippen LogP contribution is 2.29. The molecule has 1 heterocycles. The van der Waals surface area contributed by atoms with Gasteiger partial charge in [-0.25, -0.2) is 4.98 Å². The van der Waals surface area contributed by atoms with Crippen LogP contribution in [0.25, 0.3) is 0 Å². The van der Waals surface area contributed by atoms with E-state index in [1.165, 1.54) is 11.3 Å². The molecule has 2 aromatic rings. The molecule has 1 aromatic heterocycles. The van der Waals surface area contributed by atoms with E-state index in [0.717, 1.165) is 21.9 Å². The molecule has 4 N–H and O–H groups in total. The van der Waals surface area contributed by atoms with Crippen molar-refractivity contribution in [1.82, 2.24) is 4.98 Å². The van der Waals surface area contributed by atoms with Gasteiger partial charge in [-0.15, -0.1) is 0 Å². The van der Waals surface area contributed by atoms with Gasteiger partial charge >= 0.3 is 0 Å². The quantitative estimate of drug-likeness (QED) is 0.655. The van der Waals surface area contributed by atoms with Crippen LogP contribution in [0.4, 0.5) is 16.6 Å². The van der Waals surface area contributed by atoms with Crippen molar-refractivity contribution in [2.75, 3.05) is 22.9 Å². The van der Waals surface area contributed by atoms with Crippen LogP contribution in [0.5, 0.6) is 0 Å². The maximum atomic E-state index is 12.3. The molecule has 0 bridgehead atoms. The van der Waals surface area contributed by atoms with Gasteiger partial charge in [0.1, 0.15) is 10.7 Å². The number of carbonyl (C=O) groups excluding carboxylic acids is 1. The average Bonchev–Trinajstić information content (AvgIpc) is 2.81. The molecule has 1 aromatic carbocycles. The Bertz CT molecular complexity index is 660. The van der Waals surface area contributed by atoms with Crippen molar-refractivity contribution in [2.24, 2.45) is 0 Å². The first-order valence-electron chi connectivity index (χ1n) is 6.27. The number of amides is 1. The highest BCUT2D eigenvalue weighted by Gasteiger charge is 2.17. The number of anilines is 3. The molecular formula is C13H14Br2N4OS. The Morgan fingerprint density at radius 2 is 2.19 bits per heavy atom. The monoisotopic (exact) mass is 432 g/mol. The lowest BCUT2D eigenvalue weighted by molar-refractivity contribution is 0.103. The molecule has 2 rings (SSSR count). The maximum absolute atomic E-state index is 12.3. The topological polar surface area (TPSA) is 80.0 Å². The summed E-state index contributed by atoms with van der Waals surface area (Å²) in [6.07, 6.45) is 0.979. The lowest BCUT2D eigenvalue weighted by atomic mass is 10.3. The van der Waals surface area contributed by atoms with Crippen LogP contribution in [-0.4, -0.2) is 17.4 Å². The normalized spacial score (nSPS) is 10.4. The van der Waals surface area contributed by atoms with Crippen LogP contribution in [0.3, 0.4) is 0 Å². The number of hydrogen-bond acceptors (Lipinski definition) is 5. The van der Waals surface area contributed by atoms with Gasteiger partial charge in [0.25, 0.3) is 5.91 Å². The van der Waals surface area contributed by atoms with E-state index in [-0.39, 0.29) is 11.7 Å². The van der Waals surface area contributed by atoms with Crippen molar-refractivity contribution in [3.63, 3.8) is 0 Å². The molecular weight excluding hydrogens is 420 g/mol. The molecule has 1 amide bonds. The SMILES string of the molecule is CCCNc1nc(N)c(C(=O)Nc2ccc(Br)cc2Br)s1. The Hall–Kier alpha value is -1.12. The van der Waals surface area contributed by atoms with E-state index in [1.807, 2.05) is 12.1 Å². The van der Waals surface area contributed by atoms with Crippen molar-refractivity contribution in [1.29, 1.82) is 0 Å². The highest BCUT2D eigenvalue weighted by atomic mass is 79.9. The summed E-state index contributed by atoms with van der Waals surface area (Å²) in [5.74, 6) is -0.0260. The average molecular weight is 434 g/mol. The number of halogens is 2. The molecule has 112 valence electrons. The molecule has 0 radical (unpaired) electrons. The Balaban J connectivity index is 2.14. The number of nitrogens with zero attached hydrogens (tertiary/aromatic N) is 1. The second kappa shape index (κ2) is 7.24. The van der Waals surface area contributed by atoms with Crippen LogP contribution in [-0.2, 0) is 0 Å². The van der Waals surface area contributed by atoms with Crippen LogP contribution in [0, 0.1) is 0 Å². The number of carbonyl (C=O) groups is 1. The number of hydrogen-bond donors (Lipinski definition) is 3. The summed E-state index contributed by atoms with van der Waals surface area (Å²) in [7, 11) is 0. The Kier molecular flexibility index (Phi) is 5.60. The minimum absolute atomic E-state index is 0.240. The van der Waals surface area contributed by atoms with Crippen molar-refractivity contribution in [2.45, 2.75) is 13.3 Å². The van der Waals surface area contributed by atoms with Crippen LogP contribution in [0.15, 0.2) is 27.1 Å². The highest BCUT2D eigenvalue weighted by molar-refractivity contribution is 9.11. The lowest BCUT2D eigenvalue weighted by Gasteiger charge is -2.06. The smallest absolute Gasteiger partial charge is 0.269 e. The summed E-state index contributed by atoms with van der Waals surface area (Å²) in [6.45, 7) is 2.86. The summed E-state index contributed by atoms with van der Waals surface area (Å²) in [6, 6.07) is 5.52. The molecule has 0 aliphatic carbocycles. The Morgan fingerprint density at radius 3 is 2.86 bits per heavy atom. The number of rotatable bonds is 5. The predicted octanol–water partition coefficient (Wildman–Crippen LogP) is 4.32. The third kappa shape index (κ3) is 4.18. The fraction of sp³-hybridized carbons (Fsp3) is 0.231. The van der Waals surface area contributed by atoms with Crippen LogP contribution >= 0.6 is 43.2 Å². The summed E-state index contributed by atoms with van der Waals surface area (Å²) in [5.41, 5.74) is 6.49. The number of thiazole rings is 1. The zero-order chi connectivity index (χ0) is 15.4. The number of nitrogens with one attached hydrogen (secondary N) is 2. The van der Waals surface area contributed by atoms with Gasteiger partial charge in [-0.3, -0.25) is 4.79 Å². The van der Waals surface area contributed by atoms with Gasteiger partial charge in [-0.2, -0.15) is 0 Å². The van der Waals surface area contributed by atoms with E-state index in [1.54, 1.807) is 6.07 Å². The molecule has 0 unspecified atom stereocenters. The van der Waals surface area contributed by atoms with E-state index in [9.17, 15) is 4.79 Å². The van der Waals surface area contributed by atoms with Gasteiger partial charge in [0.15, 0.2) is 5.13 Å².